The van der Waals surface area contributed by atoms with E-state index in [-0.39, 0.29) is 36.0 Å². The Morgan fingerprint density at radius 1 is 0.738 bits per heavy atom. The summed E-state index contributed by atoms with van der Waals surface area (Å²) in [5, 5.41) is 31.4. The summed E-state index contributed by atoms with van der Waals surface area (Å²) in [5.74, 6) is -0.441. The monoisotopic (exact) mass is 596 g/mol. The fourth-order valence-electron chi connectivity index (χ4n) is 6.67. The van der Waals surface area contributed by atoms with Crippen LogP contribution in [0.3, 0.4) is 0 Å². The van der Waals surface area contributed by atoms with Crippen LogP contribution in [0.1, 0.15) is 168 Å². The van der Waals surface area contributed by atoms with E-state index in [1.165, 1.54) is 71.1 Å². The van der Waals surface area contributed by atoms with E-state index in [1.54, 1.807) is 0 Å². The minimum Gasteiger partial charge on any atom is -0.462 e. The Labute approximate surface area is 256 Å². The van der Waals surface area contributed by atoms with Gasteiger partial charge in [0.05, 0.1) is 36.4 Å². The largest absolute Gasteiger partial charge is 0.462 e. The molecule has 2 saturated heterocycles. The van der Waals surface area contributed by atoms with Gasteiger partial charge in [0.15, 0.2) is 0 Å². The zero-order valence-electron chi connectivity index (χ0n) is 27.0. The lowest BCUT2D eigenvalue weighted by Gasteiger charge is -2.22. The van der Waals surface area contributed by atoms with Gasteiger partial charge in [-0.1, -0.05) is 96.8 Å². The minimum absolute atomic E-state index is 0.0383. The number of hydrogen-bond acceptors (Lipinski definition) is 7. The first-order valence-electron chi connectivity index (χ1n) is 17.7. The van der Waals surface area contributed by atoms with Crippen LogP contribution in [0.15, 0.2) is 0 Å². The predicted octanol–water partition coefficient (Wildman–Crippen LogP) is 7.35. The maximum atomic E-state index is 11.9. The summed E-state index contributed by atoms with van der Waals surface area (Å²) in [4.78, 5) is 23.2. The number of hydrogen-bond donors (Lipinski definition) is 3. The molecule has 0 aromatic carbocycles. The van der Waals surface area contributed by atoms with Gasteiger partial charge < -0.3 is 29.6 Å². The molecule has 0 unspecified atom stereocenters. The molecule has 2 aliphatic heterocycles. The smallest absolute Gasteiger partial charge is 0.309 e. The van der Waals surface area contributed by atoms with Gasteiger partial charge in [0.2, 0.25) is 0 Å². The predicted molar refractivity (Wildman–Crippen MR) is 167 cm³/mol. The van der Waals surface area contributed by atoms with Crippen LogP contribution < -0.4 is 0 Å². The van der Waals surface area contributed by atoms with Crippen molar-refractivity contribution in [2.75, 3.05) is 0 Å². The highest BCUT2D eigenvalue weighted by atomic mass is 16.6. The van der Waals surface area contributed by atoms with E-state index in [0.717, 1.165) is 57.8 Å². The van der Waals surface area contributed by atoms with Crippen molar-refractivity contribution < 1.29 is 34.4 Å². The molecule has 246 valence electrons. The van der Waals surface area contributed by atoms with E-state index in [2.05, 4.69) is 6.92 Å². The SMILES string of the molecule is CCCCCCCCCCCCCC[C@H](O)[C@@H](O)CC[C@@H](O)[C@@H]1CC[C@@H](CCCCC[C@@H]2C[C@@H](CC(C)=O)C(=O)O2)O1. The number of ether oxygens (including phenoxy) is 2. The van der Waals surface area contributed by atoms with Crippen molar-refractivity contribution in [2.24, 2.45) is 5.92 Å². The Kier molecular flexibility index (Phi) is 19.9. The molecule has 2 aliphatic rings. The lowest BCUT2D eigenvalue weighted by molar-refractivity contribution is -0.145. The quantitative estimate of drug-likeness (QED) is 0.0707. The van der Waals surface area contributed by atoms with Gasteiger partial charge in [0.1, 0.15) is 11.9 Å². The number of rotatable bonds is 26. The Bertz CT molecular complexity index is 713. The fourth-order valence-corrected chi connectivity index (χ4v) is 6.67. The van der Waals surface area contributed by atoms with Crippen LogP contribution in [0.25, 0.3) is 0 Å². The summed E-state index contributed by atoms with van der Waals surface area (Å²) >= 11 is 0. The molecule has 2 rings (SSSR count). The van der Waals surface area contributed by atoms with E-state index < -0.39 is 18.3 Å². The zero-order valence-corrected chi connectivity index (χ0v) is 27.0. The molecule has 7 nitrogen and oxygen atoms in total. The summed E-state index contributed by atoms with van der Waals surface area (Å²) in [5.41, 5.74) is 0. The van der Waals surface area contributed by atoms with Gasteiger partial charge in [-0.3, -0.25) is 4.79 Å². The Morgan fingerprint density at radius 2 is 1.29 bits per heavy atom. The molecular formula is C35H64O7. The van der Waals surface area contributed by atoms with Crippen molar-refractivity contribution in [1.82, 2.24) is 0 Å². The zero-order chi connectivity index (χ0) is 30.6. The lowest BCUT2D eigenvalue weighted by atomic mass is 9.96. The average molecular weight is 597 g/mol. The van der Waals surface area contributed by atoms with Crippen LogP contribution in [0.4, 0.5) is 0 Å². The third-order valence-electron chi connectivity index (χ3n) is 9.37. The molecule has 0 radical (unpaired) electrons. The fraction of sp³-hybridized carbons (Fsp3) is 0.943. The van der Waals surface area contributed by atoms with Crippen LogP contribution in [-0.2, 0) is 19.1 Å². The van der Waals surface area contributed by atoms with Gasteiger partial charge in [-0.05, 0) is 64.7 Å². The highest BCUT2D eigenvalue weighted by Gasteiger charge is 2.35. The van der Waals surface area contributed by atoms with E-state index >= 15 is 0 Å². The Hall–Kier alpha value is -1.02. The summed E-state index contributed by atoms with van der Waals surface area (Å²) in [7, 11) is 0. The maximum Gasteiger partial charge on any atom is 0.309 e. The first kappa shape index (κ1) is 37.2. The van der Waals surface area contributed by atoms with Crippen molar-refractivity contribution in [3.8, 4) is 0 Å². The number of carbonyl (C=O) groups is 2. The molecule has 0 aromatic heterocycles. The molecule has 0 aliphatic carbocycles. The standard InChI is InChI=1S/C35H64O7/c1-3-4-5-6-7-8-9-10-11-12-13-17-20-31(37)32(38)22-23-33(39)34-24-21-29(41-34)18-15-14-16-19-30-26-28(25-27(2)36)35(40)42-30/h28-34,37-39H,3-26H2,1-2H3/t28-,29-,30-,31+,32+,33-,34+/m1/s1. The van der Waals surface area contributed by atoms with Crippen LogP contribution in [0.2, 0.25) is 0 Å². The lowest BCUT2D eigenvalue weighted by Crippen LogP contribution is -2.31. The molecule has 2 heterocycles. The highest BCUT2D eigenvalue weighted by molar-refractivity contribution is 5.83. The first-order chi connectivity index (χ1) is 20.3. The number of aliphatic hydroxyl groups is 3. The van der Waals surface area contributed by atoms with Crippen molar-refractivity contribution in [3.63, 3.8) is 0 Å². The van der Waals surface area contributed by atoms with E-state index in [0.29, 0.717) is 32.1 Å². The van der Waals surface area contributed by atoms with Crippen molar-refractivity contribution in [3.05, 3.63) is 0 Å². The normalized spacial score (nSPS) is 24.5. The Morgan fingerprint density at radius 3 is 1.90 bits per heavy atom. The number of esters is 1. The maximum absolute atomic E-state index is 11.9. The van der Waals surface area contributed by atoms with Crippen molar-refractivity contribution in [2.45, 2.75) is 205 Å². The third kappa shape index (κ3) is 16.2. The number of carbonyl (C=O) groups excluding carboxylic acids is 2. The van der Waals surface area contributed by atoms with Crippen LogP contribution in [0, 0.1) is 5.92 Å². The summed E-state index contributed by atoms with van der Waals surface area (Å²) in [6, 6.07) is 0. The van der Waals surface area contributed by atoms with Crippen molar-refractivity contribution in [1.29, 1.82) is 0 Å². The second-order valence-electron chi connectivity index (χ2n) is 13.4. The molecule has 7 heteroatoms. The second-order valence-corrected chi connectivity index (χ2v) is 13.4. The number of aliphatic hydroxyl groups excluding tert-OH is 3. The van der Waals surface area contributed by atoms with E-state index in [9.17, 15) is 24.9 Å². The number of Topliss-reactive ketones (excluding diaryl/α,β-unsaturated/α-hetero) is 1. The second kappa shape index (κ2) is 22.5. The summed E-state index contributed by atoms with van der Waals surface area (Å²) in [6.07, 6.45) is 22.2. The van der Waals surface area contributed by atoms with Gasteiger partial charge in [0.25, 0.3) is 0 Å². The third-order valence-corrected chi connectivity index (χ3v) is 9.37. The molecule has 2 fully saturated rings. The van der Waals surface area contributed by atoms with Crippen LogP contribution >= 0.6 is 0 Å². The van der Waals surface area contributed by atoms with Gasteiger partial charge in [0, 0.05) is 6.42 Å². The average Bonchev–Trinajstić information content (AvgIpc) is 3.57. The summed E-state index contributed by atoms with van der Waals surface area (Å²) < 4.78 is 11.5. The van der Waals surface area contributed by atoms with E-state index in [1.807, 2.05) is 0 Å². The number of ketones is 1. The molecule has 3 N–H and O–H groups in total. The van der Waals surface area contributed by atoms with Gasteiger partial charge in [-0.2, -0.15) is 0 Å². The van der Waals surface area contributed by atoms with E-state index in [4.69, 9.17) is 9.47 Å². The Balaban J connectivity index is 1.43. The molecule has 7 atom stereocenters. The number of cyclic esters (lactones) is 1. The molecule has 42 heavy (non-hydrogen) atoms. The van der Waals surface area contributed by atoms with Gasteiger partial charge >= 0.3 is 5.97 Å². The highest BCUT2D eigenvalue weighted by Crippen LogP contribution is 2.30. The van der Waals surface area contributed by atoms with Gasteiger partial charge in [-0.25, -0.2) is 0 Å². The van der Waals surface area contributed by atoms with Gasteiger partial charge in [-0.15, -0.1) is 0 Å². The molecule has 0 bridgehead atoms. The number of unbranched alkanes of at least 4 members (excludes halogenated alkanes) is 13. The van der Waals surface area contributed by atoms with Crippen molar-refractivity contribution >= 4 is 11.8 Å². The molecule has 0 saturated carbocycles. The molecule has 0 aromatic rings. The topological polar surface area (TPSA) is 113 Å². The molecular weight excluding hydrogens is 532 g/mol. The van der Waals surface area contributed by atoms with Crippen LogP contribution in [-0.4, -0.2) is 63.7 Å². The van der Waals surface area contributed by atoms with Crippen LogP contribution in [0.5, 0.6) is 0 Å². The first-order valence-corrected chi connectivity index (χ1v) is 17.7. The molecule has 0 spiro atoms. The minimum atomic E-state index is -0.790. The summed E-state index contributed by atoms with van der Waals surface area (Å²) in [6.45, 7) is 3.78. The molecule has 0 amide bonds.